The Kier molecular flexibility index (Phi) is 5.73. The van der Waals surface area contributed by atoms with E-state index in [1.165, 1.54) is 24.9 Å². The van der Waals surface area contributed by atoms with E-state index in [2.05, 4.69) is 14.5 Å². The minimum absolute atomic E-state index is 0.161. The quantitative estimate of drug-likeness (QED) is 0.234. The van der Waals surface area contributed by atoms with Crippen molar-refractivity contribution >= 4 is 60.3 Å². The summed E-state index contributed by atoms with van der Waals surface area (Å²) in [6.45, 7) is 0.615. The molecule has 41 heavy (non-hydrogen) atoms. The zero-order chi connectivity index (χ0) is 28.0. The second-order valence-electron chi connectivity index (χ2n) is 11.4. The Morgan fingerprint density at radius 3 is 2.73 bits per heavy atom. The van der Waals surface area contributed by atoms with Gasteiger partial charge in [0.05, 0.1) is 45.2 Å². The summed E-state index contributed by atoms with van der Waals surface area (Å²) in [5.41, 5.74) is 5.20. The maximum atomic E-state index is 16.5. The summed E-state index contributed by atoms with van der Waals surface area (Å²) < 4.78 is 38.2. The summed E-state index contributed by atoms with van der Waals surface area (Å²) in [6, 6.07) is 7.77. The van der Waals surface area contributed by atoms with Gasteiger partial charge in [-0.15, -0.1) is 11.3 Å². The van der Waals surface area contributed by atoms with Gasteiger partial charge in [0.25, 0.3) is 0 Å². The lowest BCUT2D eigenvalue weighted by molar-refractivity contribution is 0.113. The number of carbonyl (C=O) groups is 1. The number of para-hydroxylation sites is 1. The van der Waals surface area contributed by atoms with Crippen LogP contribution >= 0.6 is 11.3 Å². The van der Waals surface area contributed by atoms with E-state index in [-0.39, 0.29) is 29.4 Å². The van der Waals surface area contributed by atoms with Crippen LogP contribution in [0.2, 0.25) is 0 Å². The molecule has 11 heteroatoms. The van der Waals surface area contributed by atoms with Crippen molar-refractivity contribution < 1.29 is 18.1 Å². The lowest BCUT2D eigenvalue weighted by Gasteiger charge is -2.40. The lowest BCUT2D eigenvalue weighted by atomic mass is 9.78. The van der Waals surface area contributed by atoms with Crippen LogP contribution in [0, 0.1) is 17.7 Å². The molecule has 3 saturated carbocycles. The number of nitrogens with zero attached hydrogens (tertiary/aromatic N) is 5. The number of ether oxygens (including phenoxy) is 1. The van der Waals surface area contributed by atoms with E-state index in [0.717, 1.165) is 47.0 Å². The molecule has 4 aliphatic rings. The van der Waals surface area contributed by atoms with Crippen LogP contribution in [-0.4, -0.2) is 54.6 Å². The summed E-state index contributed by atoms with van der Waals surface area (Å²) in [7, 11) is -0.0667. The largest absolute Gasteiger partial charge is 0.453 e. The van der Waals surface area contributed by atoms with Gasteiger partial charge in [0, 0.05) is 47.1 Å². The fraction of sp³-hybridized carbons (Fsp3) is 0.400. The van der Waals surface area contributed by atoms with E-state index < -0.39 is 16.6 Å². The van der Waals surface area contributed by atoms with Gasteiger partial charge in [0.1, 0.15) is 16.2 Å². The molecular weight excluding hydrogens is 561 g/mol. The molecule has 4 fully saturated rings. The van der Waals surface area contributed by atoms with Gasteiger partial charge in [-0.1, -0.05) is 12.1 Å². The third-order valence-electron chi connectivity index (χ3n) is 9.43. The van der Waals surface area contributed by atoms with Crippen LogP contribution in [0.25, 0.3) is 43.3 Å². The zero-order valence-electron chi connectivity index (χ0n) is 22.7. The average Bonchev–Trinajstić information content (AvgIpc) is 3.80. The van der Waals surface area contributed by atoms with Crippen LogP contribution in [0.5, 0.6) is 0 Å². The molecular formula is C30H28FN5O3S2. The molecule has 0 N–H and O–H groups in total. The zero-order valence-corrected chi connectivity index (χ0v) is 24.3. The highest BCUT2D eigenvalue weighted by molar-refractivity contribution is 7.84. The molecule has 4 aromatic heterocycles. The standard InChI is InChI=1S/C30H28FN5O3S2/c1-39-30(37)35-10-4-6-20(35)21-12-18-28(36(21)27-15-8-9-16(27)11-15)19-13-32-25(23(31)26(19)34-29(18)41(2)38)17-5-3-7-22-24(17)33-14-40-22/h3,5,7,12-16,20,27H,4,6,8-11H2,1-2H3/t15-,16+,20-,27?,41?/m1/s1. The molecule has 0 radical (unpaired) electrons. The number of methoxy groups -OCH3 is 1. The van der Waals surface area contributed by atoms with Crippen LogP contribution in [0.1, 0.15) is 49.9 Å². The van der Waals surface area contributed by atoms with Crippen molar-refractivity contribution in [2.24, 2.45) is 11.8 Å². The van der Waals surface area contributed by atoms with Gasteiger partial charge in [-0.25, -0.2) is 19.2 Å². The Bertz CT molecular complexity index is 1910. The number of rotatable bonds is 4. The number of fused-ring (bicyclic) bond motifs is 5. The number of benzene rings is 1. The van der Waals surface area contributed by atoms with E-state index in [9.17, 15) is 9.00 Å². The number of pyridine rings is 2. The van der Waals surface area contributed by atoms with Gasteiger partial charge < -0.3 is 9.30 Å². The minimum Gasteiger partial charge on any atom is -0.453 e. The summed E-state index contributed by atoms with van der Waals surface area (Å²) in [6.07, 6.45) is 8.11. The van der Waals surface area contributed by atoms with Crippen molar-refractivity contribution in [2.75, 3.05) is 19.9 Å². The Morgan fingerprint density at radius 2 is 1.98 bits per heavy atom. The lowest BCUT2D eigenvalue weighted by Crippen LogP contribution is -2.35. The number of likely N-dealkylation sites (tertiary alicyclic amines) is 1. The fourth-order valence-corrected chi connectivity index (χ4v) is 9.05. The van der Waals surface area contributed by atoms with Crippen molar-refractivity contribution in [1.82, 2.24) is 24.4 Å². The predicted octanol–water partition coefficient (Wildman–Crippen LogP) is 6.61. The molecule has 1 amide bonds. The van der Waals surface area contributed by atoms with Crippen LogP contribution in [0.15, 0.2) is 41.0 Å². The molecule has 0 spiro atoms. The number of halogens is 1. The first-order chi connectivity index (χ1) is 20.0. The van der Waals surface area contributed by atoms with E-state index in [0.29, 0.717) is 39.9 Å². The number of hydrogen-bond acceptors (Lipinski definition) is 7. The number of carbonyl (C=O) groups excluding carboxylic acids is 1. The molecule has 5 heterocycles. The second-order valence-corrected chi connectivity index (χ2v) is 13.6. The molecule has 1 aliphatic heterocycles. The van der Waals surface area contributed by atoms with Gasteiger partial charge in [-0.3, -0.25) is 14.1 Å². The fourth-order valence-electron chi connectivity index (χ4n) is 7.66. The Morgan fingerprint density at radius 1 is 1.15 bits per heavy atom. The van der Waals surface area contributed by atoms with Crippen molar-refractivity contribution in [2.45, 2.75) is 49.2 Å². The Hall–Kier alpha value is -3.44. The molecule has 9 rings (SSSR count). The van der Waals surface area contributed by atoms with E-state index in [4.69, 9.17) is 9.72 Å². The topological polar surface area (TPSA) is 90.2 Å². The van der Waals surface area contributed by atoms with Crippen LogP contribution in [0.3, 0.4) is 0 Å². The van der Waals surface area contributed by atoms with Crippen LogP contribution in [-0.2, 0) is 15.5 Å². The van der Waals surface area contributed by atoms with Crippen molar-refractivity contribution in [1.29, 1.82) is 0 Å². The van der Waals surface area contributed by atoms with Crippen LogP contribution < -0.4 is 0 Å². The van der Waals surface area contributed by atoms with Gasteiger partial charge >= 0.3 is 6.09 Å². The highest BCUT2D eigenvalue weighted by Crippen LogP contribution is 2.59. The molecule has 3 aliphatic carbocycles. The predicted molar refractivity (Wildman–Crippen MR) is 157 cm³/mol. The SMILES string of the molecule is COC(=O)N1CCC[C@@H]1c1cc2c(S(C)=O)nc3c(F)c(-c4cccc5scnc45)ncc3c2n1C1[C@@H]2CC[C@H]1C2. The second kappa shape index (κ2) is 9.29. The molecule has 8 nitrogen and oxygen atoms in total. The number of aromatic nitrogens is 4. The average molecular weight is 590 g/mol. The van der Waals surface area contributed by atoms with Crippen molar-refractivity contribution in [3.63, 3.8) is 0 Å². The third kappa shape index (κ3) is 3.57. The normalized spacial score (nSPS) is 24.4. The van der Waals surface area contributed by atoms with Crippen molar-refractivity contribution in [3.8, 4) is 11.3 Å². The Labute approximate surface area is 242 Å². The maximum absolute atomic E-state index is 16.5. The minimum atomic E-state index is -1.48. The van der Waals surface area contributed by atoms with Crippen molar-refractivity contribution in [3.05, 3.63) is 47.5 Å². The maximum Gasteiger partial charge on any atom is 0.410 e. The number of thiazole rings is 1. The monoisotopic (exact) mass is 589 g/mol. The summed E-state index contributed by atoms with van der Waals surface area (Å²) in [5, 5.41) is 1.69. The smallest absolute Gasteiger partial charge is 0.410 e. The molecule has 2 bridgehead atoms. The first-order valence-electron chi connectivity index (χ1n) is 14.0. The van der Waals surface area contributed by atoms with E-state index in [1.54, 1.807) is 22.9 Å². The molecule has 1 saturated heterocycles. The summed E-state index contributed by atoms with van der Waals surface area (Å²) in [4.78, 5) is 28.4. The number of amides is 1. The highest BCUT2D eigenvalue weighted by Gasteiger charge is 2.50. The van der Waals surface area contributed by atoms with Gasteiger partial charge in [-0.2, -0.15) is 0 Å². The molecule has 1 aromatic carbocycles. The summed E-state index contributed by atoms with van der Waals surface area (Å²) >= 11 is 1.50. The first kappa shape index (κ1) is 25.3. The van der Waals surface area contributed by atoms with E-state index >= 15 is 4.39 Å². The van der Waals surface area contributed by atoms with Crippen LogP contribution in [0.4, 0.5) is 9.18 Å². The third-order valence-corrected chi connectivity index (χ3v) is 11.1. The van der Waals surface area contributed by atoms with E-state index in [1.807, 2.05) is 24.3 Å². The summed E-state index contributed by atoms with van der Waals surface area (Å²) in [5.74, 6) is 0.514. The number of hydrogen-bond donors (Lipinski definition) is 0. The molecule has 2 unspecified atom stereocenters. The van der Waals surface area contributed by atoms with Gasteiger partial charge in [0.2, 0.25) is 0 Å². The molecule has 210 valence electrons. The molecule has 5 aromatic rings. The first-order valence-corrected chi connectivity index (χ1v) is 16.4. The molecule has 5 atom stereocenters. The highest BCUT2D eigenvalue weighted by atomic mass is 32.2. The Balaban J connectivity index is 1.43. The van der Waals surface area contributed by atoms with Gasteiger partial charge in [0.15, 0.2) is 5.82 Å². The van der Waals surface area contributed by atoms with Gasteiger partial charge in [-0.05, 0) is 56.1 Å².